The Hall–Kier alpha value is -1.56. The summed E-state index contributed by atoms with van der Waals surface area (Å²) < 4.78 is 25.3. The minimum Gasteiger partial charge on any atom is -0.376 e. The number of benzene rings is 1. The second-order valence-electron chi connectivity index (χ2n) is 7.80. The monoisotopic (exact) mass is 392 g/mol. The second kappa shape index (κ2) is 9.09. The van der Waals surface area contributed by atoms with Gasteiger partial charge in [-0.3, -0.25) is 4.79 Å². The SMILES string of the molecule is CCN(C(=O)CNc1ccc(S(=O)(=O)C2CCCC2)cc1)C1CCCCC1. The van der Waals surface area contributed by atoms with Gasteiger partial charge in [0, 0.05) is 18.3 Å². The number of hydrogen-bond acceptors (Lipinski definition) is 4. The smallest absolute Gasteiger partial charge is 0.242 e. The summed E-state index contributed by atoms with van der Waals surface area (Å²) in [5.74, 6) is 0.118. The van der Waals surface area contributed by atoms with E-state index in [-0.39, 0.29) is 17.7 Å². The van der Waals surface area contributed by atoms with Gasteiger partial charge in [-0.25, -0.2) is 8.42 Å². The number of nitrogens with one attached hydrogen (secondary N) is 1. The highest BCUT2D eigenvalue weighted by Crippen LogP contribution is 2.30. The van der Waals surface area contributed by atoms with Crippen molar-refractivity contribution in [2.75, 3.05) is 18.4 Å². The molecule has 2 aliphatic carbocycles. The van der Waals surface area contributed by atoms with E-state index in [0.717, 1.165) is 50.8 Å². The first-order valence-electron chi connectivity index (χ1n) is 10.4. The fourth-order valence-electron chi connectivity index (χ4n) is 4.46. The Balaban J connectivity index is 1.57. The zero-order valence-corrected chi connectivity index (χ0v) is 17.1. The number of amides is 1. The van der Waals surface area contributed by atoms with Gasteiger partial charge in [-0.1, -0.05) is 32.1 Å². The Labute approximate surface area is 163 Å². The molecule has 2 fully saturated rings. The van der Waals surface area contributed by atoms with Crippen LogP contribution in [0.5, 0.6) is 0 Å². The lowest BCUT2D eigenvalue weighted by Crippen LogP contribution is -2.43. The van der Waals surface area contributed by atoms with Crippen LogP contribution in [0, 0.1) is 0 Å². The molecule has 1 amide bonds. The first-order valence-corrected chi connectivity index (χ1v) is 11.9. The maximum atomic E-state index is 12.6. The van der Waals surface area contributed by atoms with Crippen LogP contribution >= 0.6 is 0 Å². The van der Waals surface area contributed by atoms with Gasteiger partial charge in [-0.2, -0.15) is 0 Å². The molecule has 27 heavy (non-hydrogen) atoms. The number of anilines is 1. The maximum Gasteiger partial charge on any atom is 0.242 e. The van der Waals surface area contributed by atoms with Crippen LogP contribution in [0.1, 0.15) is 64.7 Å². The highest BCUT2D eigenvalue weighted by Gasteiger charge is 2.30. The average molecular weight is 393 g/mol. The van der Waals surface area contributed by atoms with Crippen LogP contribution in [0.2, 0.25) is 0 Å². The number of rotatable bonds is 7. The van der Waals surface area contributed by atoms with Crippen LogP contribution in [0.4, 0.5) is 5.69 Å². The average Bonchev–Trinajstić information content (AvgIpc) is 3.24. The molecule has 0 radical (unpaired) electrons. The lowest BCUT2D eigenvalue weighted by molar-refractivity contribution is -0.132. The van der Waals surface area contributed by atoms with E-state index in [4.69, 9.17) is 0 Å². The number of hydrogen-bond donors (Lipinski definition) is 1. The van der Waals surface area contributed by atoms with E-state index < -0.39 is 9.84 Å². The van der Waals surface area contributed by atoms with Crippen LogP contribution in [0.25, 0.3) is 0 Å². The van der Waals surface area contributed by atoms with Crippen molar-refractivity contribution < 1.29 is 13.2 Å². The minimum atomic E-state index is -3.22. The Morgan fingerprint density at radius 2 is 1.59 bits per heavy atom. The Morgan fingerprint density at radius 1 is 1.00 bits per heavy atom. The van der Waals surface area contributed by atoms with Crippen molar-refractivity contribution in [1.29, 1.82) is 0 Å². The fourth-order valence-corrected chi connectivity index (χ4v) is 6.32. The van der Waals surface area contributed by atoms with Gasteiger partial charge < -0.3 is 10.2 Å². The van der Waals surface area contributed by atoms with Gasteiger partial charge >= 0.3 is 0 Å². The van der Waals surface area contributed by atoms with Gasteiger partial charge in [0.25, 0.3) is 0 Å². The molecule has 150 valence electrons. The number of likely N-dealkylation sites (N-methyl/N-ethyl adjacent to an activating group) is 1. The van der Waals surface area contributed by atoms with E-state index in [1.807, 2.05) is 11.8 Å². The second-order valence-corrected chi connectivity index (χ2v) is 10.0. The molecule has 5 nitrogen and oxygen atoms in total. The molecule has 0 saturated heterocycles. The van der Waals surface area contributed by atoms with Crippen molar-refractivity contribution in [3.8, 4) is 0 Å². The maximum absolute atomic E-state index is 12.6. The van der Waals surface area contributed by atoms with Crippen molar-refractivity contribution >= 4 is 21.4 Å². The first-order chi connectivity index (χ1) is 13.0. The molecule has 0 heterocycles. The van der Waals surface area contributed by atoms with Gasteiger partial charge in [0.2, 0.25) is 5.91 Å². The third-order valence-electron chi connectivity index (χ3n) is 6.04. The first kappa shape index (κ1) is 20.2. The van der Waals surface area contributed by atoms with E-state index in [2.05, 4.69) is 5.32 Å². The predicted molar refractivity (Wildman–Crippen MR) is 109 cm³/mol. The summed E-state index contributed by atoms with van der Waals surface area (Å²) >= 11 is 0. The number of sulfone groups is 1. The van der Waals surface area contributed by atoms with Gasteiger partial charge in [0.15, 0.2) is 9.84 Å². The van der Waals surface area contributed by atoms with Crippen LogP contribution in [-0.2, 0) is 14.6 Å². The van der Waals surface area contributed by atoms with Crippen LogP contribution in [0.15, 0.2) is 29.2 Å². The summed E-state index contributed by atoms with van der Waals surface area (Å²) in [5, 5.41) is 2.93. The molecule has 6 heteroatoms. The number of carbonyl (C=O) groups excluding carboxylic acids is 1. The number of nitrogens with zero attached hydrogens (tertiary/aromatic N) is 1. The van der Waals surface area contributed by atoms with E-state index in [9.17, 15) is 13.2 Å². The lowest BCUT2D eigenvalue weighted by Gasteiger charge is -2.33. The summed E-state index contributed by atoms with van der Waals surface area (Å²) in [5.41, 5.74) is 0.786. The predicted octanol–water partition coefficient (Wildman–Crippen LogP) is 4.00. The molecule has 1 aromatic carbocycles. The Kier molecular flexibility index (Phi) is 6.79. The highest BCUT2D eigenvalue weighted by atomic mass is 32.2. The van der Waals surface area contributed by atoms with E-state index in [0.29, 0.717) is 10.9 Å². The molecule has 0 spiro atoms. The molecule has 1 N–H and O–H groups in total. The standard InChI is InChI=1S/C21H32N2O3S/c1-2-23(18-8-4-3-5-9-18)21(24)16-22-17-12-14-20(15-13-17)27(25,26)19-10-6-7-11-19/h12-15,18-19,22H,2-11,16H2,1H3. The molecule has 0 atom stereocenters. The van der Waals surface area contributed by atoms with Crippen molar-refractivity contribution in [1.82, 2.24) is 4.90 Å². The van der Waals surface area contributed by atoms with Gasteiger partial charge in [0.1, 0.15) is 0 Å². The molecule has 0 bridgehead atoms. The zero-order valence-electron chi connectivity index (χ0n) is 16.3. The summed E-state index contributed by atoms with van der Waals surface area (Å²) in [4.78, 5) is 15.0. The molecule has 2 aliphatic rings. The number of carbonyl (C=O) groups is 1. The third kappa shape index (κ3) is 4.84. The van der Waals surface area contributed by atoms with Gasteiger partial charge in [-0.15, -0.1) is 0 Å². The molecule has 0 aromatic heterocycles. The third-order valence-corrected chi connectivity index (χ3v) is 8.32. The minimum absolute atomic E-state index is 0.118. The largest absolute Gasteiger partial charge is 0.376 e. The zero-order chi connectivity index (χ0) is 19.3. The Bertz CT molecular complexity index is 718. The van der Waals surface area contributed by atoms with Crippen molar-refractivity contribution in [3.05, 3.63) is 24.3 Å². The Morgan fingerprint density at radius 3 is 2.19 bits per heavy atom. The van der Waals surface area contributed by atoms with E-state index in [1.54, 1.807) is 24.3 Å². The van der Waals surface area contributed by atoms with Crippen molar-refractivity contribution in [3.63, 3.8) is 0 Å². The molecule has 0 aliphatic heterocycles. The topological polar surface area (TPSA) is 66.5 Å². The summed E-state index contributed by atoms with van der Waals surface area (Å²) in [6.45, 7) is 3.03. The normalized spacial score (nSPS) is 19.1. The van der Waals surface area contributed by atoms with E-state index >= 15 is 0 Å². The quantitative estimate of drug-likeness (QED) is 0.762. The molecule has 0 unspecified atom stereocenters. The molecule has 2 saturated carbocycles. The highest BCUT2D eigenvalue weighted by molar-refractivity contribution is 7.92. The molecular formula is C21H32N2O3S. The summed E-state index contributed by atoms with van der Waals surface area (Å²) in [7, 11) is -3.22. The van der Waals surface area contributed by atoms with Gasteiger partial charge in [-0.05, 0) is 56.9 Å². The van der Waals surface area contributed by atoms with Crippen LogP contribution < -0.4 is 5.32 Å². The van der Waals surface area contributed by atoms with Crippen LogP contribution in [0.3, 0.4) is 0 Å². The molecule has 3 rings (SSSR count). The van der Waals surface area contributed by atoms with Crippen LogP contribution in [-0.4, -0.2) is 43.6 Å². The fraction of sp³-hybridized carbons (Fsp3) is 0.667. The molecule has 1 aromatic rings. The van der Waals surface area contributed by atoms with Gasteiger partial charge in [0.05, 0.1) is 16.7 Å². The lowest BCUT2D eigenvalue weighted by atomic mass is 9.94. The van der Waals surface area contributed by atoms with Crippen molar-refractivity contribution in [2.24, 2.45) is 0 Å². The molecular weight excluding hydrogens is 360 g/mol. The summed E-state index contributed by atoms with van der Waals surface area (Å²) in [6, 6.07) is 7.24. The summed E-state index contributed by atoms with van der Waals surface area (Å²) in [6.07, 6.45) is 9.44. The van der Waals surface area contributed by atoms with E-state index in [1.165, 1.54) is 19.3 Å². The van der Waals surface area contributed by atoms with Crippen molar-refractivity contribution in [2.45, 2.75) is 80.9 Å².